The molecule has 0 unspecified atom stereocenters. The molecule has 1 heterocycles. The fraction of sp³-hybridized carbons (Fsp3) is 0.304. The Labute approximate surface area is 179 Å². The van der Waals surface area contributed by atoms with Crippen molar-refractivity contribution >= 4 is 23.6 Å². The van der Waals surface area contributed by atoms with E-state index < -0.39 is 18.2 Å². The number of cyclic esters (lactones) is 1. The number of anilines is 1. The lowest BCUT2D eigenvalue weighted by Gasteiger charge is -2.14. The van der Waals surface area contributed by atoms with Crippen LogP contribution in [0.5, 0.6) is 0 Å². The summed E-state index contributed by atoms with van der Waals surface area (Å²) in [5.74, 6) is -0.441. The molecule has 0 spiro atoms. The Hall–Kier alpha value is -3.86. The second-order valence-corrected chi connectivity index (χ2v) is 7.52. The molecule has 2 aromatic carbocycles. The first-order valence-corrected chi connectivity index (χ1v) is 9.94. The molecule has 8 nitrogen and oxygen atoms in total. The van der Waals surface area contributed by atoms with Gasteiger partial charge in [-0.25, -0.2) is 9.59 Å². The number of oxime groups is 1. The molecular formula is C23H21N3O5. The monoisotopic (exact) mass is 419 g/mol. The normalized spacial score (nSPS) is 19.4. The molecular weight excluding hydrogens is 398 g/mol. The average molecular weight is 419 g/mol. The number of rotatable bonds is 6. The van der Waals surface area contributed by atoms with E-state index in [0.717, 1.165) is 18.4 Å². The van der Waals surface area contributed by atoms with Crippen molar-refractivity contribution in [3.05, 3.63) is 65.7 Å². The van der Waals surface area contributed by atoms with Gasteiger partial charge >= 0.3 is 12.1 Å². The first kappa shape index (κ1) is 20.4. The molecule has 1 aliphatic carbocycles. The summed E-state index contributed by atoms with van der Waals surface area (Å²) in [7, 11) is 0. The minimum Gasteiger partial charge on any atom is -0.475 e. The van der Waals surface area contributed by atoms with Crippen molar-refractivity contribution in [3.8, 4) is 6.07 Å². The highest BCUT2D eigenvalue weighted by molar-refractivity contribution is 5.90. The number of benzene rings is 2. The topological polar surface area (TPSA) is 101 Å². The van der Waals surface area contributed by atoms with Crippen molar-refractivity contribution in [2.75, 3.05) is 18.1 Å². The highest BCUT2D eigenvalue weighted by Gasteiger charge is 2.45. The number of hydrogen-bond donors (Lipinski definition) is 0. The Morgan fingerprint density at radius 2 is 1.94 bits per heavy atom. The van der Waals surface area contributed by atoms with Crippen LogP contribution in [0.4, 0.5) is 10.5 Å². The highest BCUT2D eigenvalue weighted by Crippen LogP contribution is 2.47. The molecule has 0 radical (unpaired) electrons. The van der Waals surface area contributed by atoms with Crippen LogP contribution < -0.4 is 4.90 Å². The maximum Gasteiger partial charge on any atom is 0.414 e. The first-order chi connectivity index (χ1) is 15.0. The van der Waals surface area contributed by atoms with E-state index in [1.807, 2.05) is 24.3 Å². The van der Waals surface area contributed by atoms with E-state index in [1.54, 1.807) is 37.3 Å². The van der Waals surface area contributed by atoms with Gasteiger partial charge in [0.2, 0.25) is 5.90 Å². The van der Waals surface area contributed by atoms with E-state index in [0.29, 0.717) is 17.8 Å². The summed E-state index contributed by atoms with van der Waals surface area (Å²) in [6, 6.07) is 18.3. The SMILES string of the molecule is CC(=NOC(=O)c1ccccc1)OC[C@@H]1CN(c2ccc(C3(C#N)CC3)cc2)C(=O)O1. The number of nitriles is 1. The summed E-state index contributed by atoms with van der Waals surface area (Å²) in [5, 5.41) is 13.0. The Morgan fingerprint density at radius 1 is 1.23 bits per heavy atom. The third-order valence-corrected chi connectivity index (χ3v) is 5.31. The van der Waals surface area contributed by atoms with E-state index in [9.17, 15) is 14.9 Å². The van der Waals surface area contributed by atoms with Gasteiger partial charge in [0.1, 0.15) is 6.61 Å². The molecule has 8 heteroatoms. The Kier molecular flexibility index (Phi) is 5.58. The second-order valence-electron chi connectivity index (χ2n) is 7.52. The molecule has 0 bridgehead atoms. The minimum atomic E-state index is -0.588. The summed E-state index contributed by atoms with van der Waals surface area (Å²) in [6.07, 6.45) is 0.787. The van der Waals surface area contributed by atoms with Crippen LogP contribution in [0.1, 0.15) is 35.7 Å². The molecule has 4 rings (SSSR count). The third kappa shape index (κ3) is 4.51. The Morgan fingerprint density at radius 3 is 2.58 bits per heavy atom. The molecule has 1 aliphatic heterocycles. The van der Waals surface area contributed by atoms with Gasteiger partial charge in [-0.1, -0.05) is 30.3 Å². The van der Waals surface area contributed by atoms with E-state index in [-0.39, 0.29) is 17.9 Å². The summed E-state index contributed by atoms with van der Waals surface area (Å²) in [5.41, 5.74) is 1.70. The molecule has 1 atom stereocenters. The molecule has 0 aromatic heterocycles. The zero-order valence-electron chi connectivity index (χ0n) is 17.0. The van der Waals surface area contributed by atoms with Gasteiger partial charge in [-0.2, -0.15) is 5.26 Å². The zero-order chi connectivity index (χ0) is 21.8. The summed E-state index contributed by atoms with van der Waals surface area (Å²) in [6.45, 7) is 1.95. The average Bonchev–Trinajstić information content (AvgIpc) is 3.52. The summed E-state index contributed by atoms with van der Waals surface area (Å²) >= 11 is 0. The van der Waals surface area contributed by atoms with Crippen molar-refractivity contribution in [1.29, 1.82) is 5.26 Å². The van der Waals surface area contributed by atoms with Crippen LogP contribution in [0.25, 0.3) is 0 Å². The molecule has 2 aliphatic rings. The molecule has 2 aromatic rings. The second kappa shape index (κ2) is 8.48. The Bertz CT molecular complexity index is 1040. The van der Waals surface area contributed by atoms with Crippen LogP contribution in [-0.2, 0) is 19.7 Å². The molecule has 1 amide bonds. The molecule has 0 N–H and O–H groups in total. The zero-order valence-corrected chi connectivity index (χ0v) is 17.0. The number of hydrogen-bond acceptors (Lipinski definition) is 7. The van der Waals surface area contributed by atoms with Gasteiger partial charge < -0.3 is 14.3 Å². The number of carbonyl (C=O) groups excluding carboxylic acids is 2. The van der Waals surface area contributed by atoms with Crippen molar-refractivity contribution in [1.82, 2.24) is 0 Å². The molecule has 1 saturated heterocycles. The number of carbonyl (C=O) groups is 2. The van der Waals surface area contributed by atoms with Crippen LogP contribution in [0.2, 0.25) is 0 Å². The number of nitrogens with zero attached hydrogens (tertiary/aromatic N) is 3. The van der Waals surface area contributed by atoms with Crippen LogP contribution in [0.15, 0.2) is 59.8 Å². The summed E-state index contributed by atoms with van der Waals surface area (Å²) < 4.78 is 10.8. The standard InChI is InChI=1S/C23H21N3O5/c1-16(25-31-21(27)17-5-3-2-4-6-17)29-14-20-13-26(22(28)30-20)19-9-7-18(8-10-19)23(15-24)11-12-23/h2-10,20H,11-14H2,1H3/t20-/m0/s1. The molecule has 31 heavy (non-hydrogen) atoms. The van der Waals surface area contributed by atoms with Gasteiger partial charge in [0, 0.05) is 12.6 Å². The largest absolute Gasteiger partial charge is 0.475 e. The van der Waals surface area contributed by atoms with E-state index >= 15 is 0 Å². The van der Waals surface area contributed by atoms with Gasteiger partial charge in [0.15, 0.2) is 6.10 Å². The van der Waals surface area contributed by atoms with Gasteiger partial charge in [-0.15, -0.1) is 0 Å². The van der Waals surface area contributed by atoms with Gasteiger partial charge in [-0.05, 0) is 47.8 Å². The summed E-state index contributed by atoms with van der Waals surface area (Å²) in [4.78, 5) is 30.5. The Balaban J connectivity index is 1.28. The van der Waals surface area contributed by atoms with Crippen LogP contribution in [0, 0.1) is 11.3 Å². The predicted octanol–water partition coefficient (Wildman–Crippen LogP) is 3.77. The highest BCUT2D eigenvalue weighted by atomic mass is 16.7. The molecule has 2 fully saturated rings. The van der Waals surface area contributed by atoms with E-state index in [4.69, 9.17) is 14.3 Å². The minimum absolute atomic E-state index is 0.0795. The lowest BCUT2D eigenvalue weighted by atomic mass is 9.97. The first-order valence-electron chi connectivity index (χ1n) is 9.94. The number of ether oxygens (including phenoxy) is 2. The van der Waals surface area contributed by atoms with Crippen molar-refractivity contribution in [3.63, 3.8) is 0 Å². The maximum atomic E-state index is 12.2. The van der Waals surface area contributed by atoms with Crippen molar-refractivity contribution < 1.29 is 23.9 Å². The van der Waals surface area contributed by atoms with Gasteiger partial charge in [0.25, 0.3) is 0 Å². The van der Waals surface area contributed by atoms with Gasteiger partial charge in [-0.3, -0.25) is 4.90 Å². The molecule has 158 valence electrons. The van der Waals surface area contributed by atoms with E-state index in [1.165, 1.54) is 4.90 Å². The maximum absolute atomic E-state index is 12.2. The van der Waals surface area contributed by atoms with Crippen molar-refractivity contribution in [2.24, 2.45) is 5.16 Å². The lowest BCUT2D eigenvalue weighted by molar-refractivity contribution is 0.0489. The lowest BCUT2D eigenvalue weighted by Crippen LogP contribution is -2.26. The third-order valence-electron chi connectivity index (χ3n) is 5.31. The smallest absolute Gasteiger partial charge is 0.414 e. The van der Waals surface area contributed by atoms with Gasteiger partial charge in [0.05, 0.1) is 23.6 Å². The van der Waals surface area contributed by atoms with E-state index in [2.05, 4.69) is 11.2 Å². The quantitative estimate of drug-likeness (QED) is 0.306. The van der Waals surface area contributed by atoms with Crippen LogP contribution >= 0.6 is 0 Å². The fourth-order valence-electron chi connectivity index (χ4n) is 3.34. The molecule has 1 saturated carbocycles. The van der Waals surface area contributed by atoms with Crippen LogP contribution in [-0.4, -0.2) is 37.2 Å². The van der Waals surface area contributed by atoms with Crippen LogP contribution in [0.3, 0.4) is 0 Å². The number of amides is 1. The van der Waals surface area contributed by atoms with Crippen molar-refractivity contribution in [2.45, 2.75) is 31.3 Å². The fourth-order valence-corrected chi connectivity index (χ4v) is 3.34. The predicted molar refractivity (Wildman–Crippen MR) is 112 cm³/mol.